The molecule has 0 aliphatic carbocycles. The van der Waals surface area contributed by atoms with E-state index in [1.165, 1.54) is 25.7 Å². The van der Waals surface area contributed by atoms with Crippen LogP contribution in [0.25, 0.3) is 0 Å². The molecule has 0 saturated carbocycles. The first-order valence-electron chi connectivity index (χ1n) is 3.90. The molecule has 0 aromatic rings. The maximum absolute atomic E-state index is 5.50. The molecule has 4 heterocycles. The number of hydrogen-bond donors (Lipinski definition) is 0. The van der Waals surface area contributed by atoms with E-state index in [0.29, 0.717) is 6.10 Å². The van der Waals surface area contributed by atoms with Crippen molar-refractivity contribution in [2.45, 2.75) is 43.9 Å². The molecule has 50 valence electrons. The summed E-state index contributed by atoms with van der Waals surface area (Å²) in [6, 6.07) is 1.64. The van der Waals surface area contributed by atoms with Gasteiger partial charge in [-0.1, -0.05) is 0 Å². The predicted molar refractivity (Wildman–Crippen MR) is 32.8 cm³/mol. The Morgan fingerprint density at radius 2 is 2.00 bits per heavy atom. The normalized spacial score (nSPS) is 61.3. The number of fused-ring (bicyclic) bond motifs is 1. The lowest BCUT2D eigenvalue weighted by atomic mass is 9.99. The van der Waals surface area contributed by atoms with Gasteiger partial charge in [0.25, 0.3) is 0 Å². The second kappa shape index (κ2) is 1.32. The fourth-order valence-corrected chi connectivity index (χ4v) is 2.44. The average molecular weight is 125 g/mol. The number of rotatable bonds is 0. The highest BCUT2D eigenvalue weighted by molar-refractivity contribution is 4.99. The van der Waals surface area contributed by atoms with Gasteiger partial charge in [-0.05, 0) is 25.7 Å². The Kier molecular flexibility index (Phi) is 0.691. The summed E-state index contributed by atoms with van der Waals surface area (Å²) in [5.41, 5.74) is 0. The van der Waals surface area contributed by atoms with Crippen molar-refractivity contribution in [2.24, 2.45) is 0 Å². The van der Waals surface area contributed by atoms with Gasteiger partial charge in [0.1, 0.15) is 0 Å². The summed E-state index contributed by atoms with van der Waals surface area (Å²) in [5.74, 6) is 0. The van der Waals surface area contributed by atoms with Crippen LogP contribution in [0.5, 0.6) is 0 Å². The lowest BCUT2D eigenvalue weighted by Crippen LogP contribution is -2.60. The zero-order valence-corrected chi connectivity index (χ0v) is 5.42. The zero-order chi connectivity index (χ0) is 5.84. The Morgan fingerprint density at radius 3 is 2.67 bits per heavy atom. The molecule has 4 atom stereocenters. The van der Waals surface area contributed by atoms with Crippen molar-refractivity contribution in [2.75, 3.05) is 0 Å². The molecule has 0 radical (unpaired) electrons. The van der Waals surface area contributed by atoms with E-state index in [9.17, 15) is 0 Å². The van der Waals surface area contributed by atoms with E-state index in [-0.39, 0.29) is 0 Å². The molecule has 0 spiro atoms. The summed E-state index contributed by atoms with van der Waals surface area (Å²) >= 11 is 0. The quantitative estimate of drug-likeness (QED) is 0.477. The summed E-state index contributed by atoms with van der Waals surface area (Å²) < 4.78 is 0. The monoisotopic (exact) mass is 125 g/mol. The van der Waals surface area contributed by atoms with Gasteiger partial charge in [0.05, 0.1) is 12.1 Å². The summed E-state index contributed by atoms with van der Waals surface area (Å²) in [7, 11) is 0. The maximum Gasteiger partial charge on any atom is 0.0972 e. The van der Waals surface area contributed by atoms with Crippen molar-refractivity contribution >= 4 is 0 Å². The van der Waals surface area contributed by atoms with Crippen molar-refractivity contribution in [1.29, 1.82) is 0 Å². The van der Waals surface area contributed by atoms with Crippen LogP contribution in [-0.2, 0) is 4.84 Å². The number of hydrogen-bond acceptors (Lipinski definition) is 2. The van der Waals surface area contributed by atoms with Crippen LogP contribution in [0, 0.1) is 0 Å². The topological polar surface area (TPSA) is 12.5 Å². The summed E-state index contributed by atoms with van der Waals surface area (Å²) in [5, 5.41) is 2.23. The lowest BCUT2D eigenvalue weighted by Gasteiger charge is -2.49. The van der Waals surface area contributed by atoms with E-state index in [4.69, 9.17) is 4.84 Å². The van der Waals surface area contributed by atoms with Crippen molar-refractivity contribution in [3.05, 3.63) is 0 Å². The fraction of sp³-hybridized carbons (Fsp3) is 1.00. The van der Waals surface area contributed by atoms with Crippen LogP contribution in [-0.4, -0.2) is 23.3 Å². The maximum atomic E-state index is 5.50. The molecule has 4 saturated heterocycles. The SMILES string of the molecule is C1C[C@@H]2ON3[C@@H]1CC[C@@H]23. The van der Waals surface area contributed by atoms with Crippen LogP contribution < -0.4 is 0 Å². The van der Waals surface area contributed by atoms with E-state index in [1.807, 2.05) is 0 Å². The summed E-state index contributed by atoms with van der Waals surface area (Å²) in [6.45, 7) is 0. The van der Waals surface area contributed by atoms with Gasteiger partial charge in [-0.25, -0.2) is 0 Å². The Hall–Kier alpha value is -0.0800. The van der Waals surface area contributed by atoms with Crippen LogP contribution in [0.4, 0.5) is 0 Å². The van der Waals surface area contributed by atoms with Gasteiger partial charge in [0.2, 0.25) is 0 Å². The van der Waals surface area contributed by atoms with E-state index in [1.54, 1.807) is 0 Å². The molecule has 4 rings (SSSR count). The highest BCUT2D eigenvalue weighted by Crippen LogP contribution is 2.45. The first kappa shape index (κ1) is 4.69. The fourth-order valence-electron chi connectivity index (χ4n) is 2.44. The van der Waals surface area contributed by atoms with Gasteiger partial charge in [-0.15, -0.1) is 0 Å². The third-order valence-electron chi connectivity index (χ3n) is 2.95. The van der Waals surface area contributed by atoms with E-state index >= 15 is 0 Å². The first-order chi connectivity index (χ1) is 4.45. The first-order valence-corrected chi connectivity index (χ1v) is 3.90. The Morgan fingerprint density at radius 1 is 1.11 bits per heavy atom. The minimum atomic E-state index is 0.628. The Balaban J connectivity index is 1.96. The zero-order valence-electron chi connectivity index (χ0n) is 5.42. The Bertz CT molecular complexity index is 129. The largest absolute Gasteiger partial charge is 0.293 e. The highest BCUT2D eigenvalue weighted by atomic mass is 16.7. The van der Waals surface area contributed by atoms with Gasteiger partial charge < -0.3 is 0 Å². The van der Waals surface area contributed by atoms with Crippen LogP contribution in [0.3, 0.4) is 0 Å². The molecule has 2 heteroatoms. The Labute approximate surface area is 54.7 Å². The molecule has 0 N–H and O–H groups in total. The molecular formula is C7H11NO. The standard InChI is InChI=1S/C7H11NO/c1-3-6-7-4-2-5(1)8(6)9-7/h5-7H,1-4H2/t5-,6+,7+/m1/s1. The number of piperidine rings is 1. The van der Waals surface area contributed by atoms with Crippen LogP contribution in [0.2, 0.25) is 0 Å². The molecule has 4 fully saturated rings. The molecule has 0 aromatic carbocycles. The van der Waals surface area contributed by atoms with Gasteiger partial charge >= 0.3 is 0 Å². The molecule has 4 aliphatic rings. The minimum Gasteiger partial charge on any atom is -0.293 e. The van der Waals surface area contributed by atoms with Crippen molar-refractivity contribution in [3.8, 4) is 0 Å². The predicted octanol–water partition coefficient (Wildman–Crippen LogP) is 0.927. The molecule has 0 amide bonds. The third-order valence-corrected chi connectivity index (χ3v) is 2.95. The average Bonchev–Trinajstić information content (AvgIpc) is 2.06. The van der Waals surface area contributed by atoms with Crippen molar-refractivity contribution < 1.29 is 4.84 Å². The third kappa shape index (κ3) is 0.413. The second-order valence-corrected chi connectivity index (χ2v) is 3.38. The van der Waals surface area contributed by atoms with Gasteiger partial charge in [0, 0.05) is 6.04 Å². The van der Waals surface area contributed by atoms with E-state index < -0.39 is 0 Å². The van der Waals surface area contributed by atoms with Crippen LogP contribution in [0.1, 0.15) is 25.7 Å². The van der Waals surface area contributed by atoms with Crippen LogP contribution in [0.15, 0.2) is 0 Å². The summed E-state index contributed by atoms with van der Waals surface area (Å²) in [4.78, 5) is 5.50. The van der Waals surface area contributed by atoms with Crippen LogP contribution >= 0.6 is 0 Å². The van der Waals surface area contributed by atoms with Gasteiger partial charge in [0.15, 0.2) is 0 Å². The molecule has 0 aromatic heterocycles. The van der Waals surface area contributed by atoms with E-state index in [2.05, 4.69) is 5.06 Å². The minimum absolute atomic E-state index is 0.628. The summed E-state index contributed by atoms with van der Waals surface area (Å²) in [6.07, 6.45) is 6.13. The van der Waals surface area contributed by atoms with Gasteiger partial charge in [-0.3, -0.25) is 4.84 Å². The lowest BCUT2D eigenvalue weighted by molar-refractivity contribution is -0.359. The molecule has 4 bridgehead atoms. The molecule has 2 nitrogen and oxygen atoms in total. The van der Waals surface area contributed by atoms with Gasteiger partial charge in [-0.2, -0.15) is 5.06 Å². The molecule has 4 aliphatic heterocycles. The highest BCUT2D eigenvalue weighted by Gasteiger charge is 2.52. The van der Waals surface area contributed by atoms with E-state index in [0.717, 1.165) is 12.1 Å². The molecular weight excluding hydrogens is 114 g/mol. The smallest absolute Gasteiger partial charge is 0.0972 e. The van der Waals surface area contributed by atoms with Crippen molar-refractivity contribution in [1.82, 2.24) is 5.06 Å². The van der Waals surface area contributed by atoms with Crippen molar-refractivity contribution in [3.63, 3.8) is 0 Å². The second-order valence-electron chi connectivity index (χ2n) is 3.38. The number of hydroxylamine groups is 2. The molecule has 9 heavy (non-hydrogen) atoms. The number of nitrogens with zero attached hydrogens (tertiary/aromatic N) is 1. The molecule has 1 unspecified atom stereocenters.